The first kappa shape index (κ1) is 15.6. The third-order valence-corrected chi connectivity index (χ3v) is 5.98. The van der Waals surface area contributed by atoms with Crippen molar-refractivity contribution in [2.75, 3.05) is 12.3 Å². The van der Waals surface area contributed by atoms with Gasteiger partial charge in [0.2, 0.25) is 5.91 Å². The molecule has 0 spiro atoms. The van der Waals surface area contributed by atoms with Crippen LogP contribution in [0.4, 0.5) is 8.78 Å². The summed E-state index contributed by atoms with van der Waals surface area (Å²) in [6, 6.07) is 13.6. The first-order chi connectivity index (χ1) is 11.6. The van der Waals surface area contributed by atoms with Gasteiger partial charge in [0, 0.05) is 29.8 Å². The van der Waals surface area contributed by atoms with Crippen LogP contribution in [-0.2, 0) is 4.79 Å². The number of carbonyl (C=O) groups excluding carboxylic acids is 1. The van der Waals surface area contributed by atoms with Crippen molar-refractivity contribution in [1.82, 2.24) is 4.90 Å². The third-order valence-electron chi connectivity index (χ3n) is 4.74. The van der Waals surface area contributed by atoms with Gasteiger partial charge in [-0.3, -0.25) is 4.79 Å². The maximum atomic E-state index is 14.1. The van der Waals surface area contributed by atoms with Crippen LogP contribution in [0.5, 0.6) is 0 Å². The monoisotopic (exact) mass is 345 g/mol. The van der Waals surface area contributed by atoms with Gasteiger partial charge in [-0.05, 0) is 24.0 Å². The molecule has 1 aliphatic heterocycles. The summed E-state index contributed by atoms with van der Waals surface area (Å²) in [5.74, 6) is -0.0653. The van der Waals surface area contributed by atoms with Gasteiger partial charge >= 0.3 is 0 Å². The predicted molar refractivity (Wildman–Crippen MR) is 90.6 cm³/mol. The molecule has 0 N–H and O–H groups in total. The van der Waals surface area contributed by atoms with Gasteiger partial charge in [0.25, 0.3) is 0 Å². The number of hydrogen-bond donors (Lipinski definition) is 0. The molecule has 2 aliphatic rings. The molecule has 24 heavy (non-hydrogen) atoms. The smallest absolute Gasteiger partial charge is 0.227 e. The van der Waals surface area contributed by atoms with E-state index in [1.54, 1.807) is 4.90 Å². The standard InChI is InChI=1S/C19H17F2NOS/c20-13-6-7-14(17(21)10-13)19-22(8-9-24-19)18(23)16-11-15(16)12-4-2-1-3-5-12/h1-7,10,15-16,19H,8-9,11H2. The topological polar surface area (TPSA) is 20.3 Å². The number of benzene rings is 2. The maximum absolute atomic E-state index is 14.1. The summed E-state index contributed by atoms with van der Waals surface area (Å²) >= 11 is 1.54. The second-order valence-corrected chi connectivity index (χ2v) is 7.47. The van der Waals surface area contributed by atoms with Gasteiger partial charge in [0.05, 0.1) is 0 Å². The van der Waals surface area contributed by atoms with E-state index in [-0.39, 0.29) is 23.1 Å². The van der Waals surface area contributed by atoms with Gasteiger partial charge in [-0.2, -0.15) is 0 Å². The van der Waals surface area contributed by atoms with Crippen molar-refractivity contribution in [1.29, 1.82) is 0 Å². The van der Waals surface area contributed by atoms with Gasteiger partial charge in [-0.25, -0.2) is 8.78 Å². The van der Waals surface area contributed by atoms with Crippen molar-refractivity contribution in [2.45, 2.75) is 17.7 Å². The van der Waals surface area contributed by atoms with Crippen LogP contribution in [0.1, 0.15) is 28.8 Å². The zero-order chi connectivity index (χ0) is 16.7. The summed E-state index contributed by atoms with van der Waals surface area (Å²) < 4.78 is 27.2. The summed E-state index contributed by atoms with van der Waals surface area (Å²) in [6.45, 7) is 0.614. The van der Waals surface area contributed by atoms with Crippen LogP contribution in [0, 0.1) is 17.6 Å². The molecular weight excluding hydrogens is 328 g/mol. The average Bonchev–Trinajstić information content (AvgIpc) is 3.25. The fraction of sp³-hybridized carbons (Fsp3) is 0.316. The van der Waals surface area contributed by atoms with E-state index < -0.39 is 11.6 Å². The second-order valence-electron chi connectivity index (χ2n) is 6.28. The van der Waals surface area contributed by atoms with Gasteiger partial charge in [0.15, 0.2) is 0 Å². The molecule has 2 fully saturated rings. The number of nitrogens with zero attached hydrogens (tertiary/aromatic N) is 1. The van der Waals surface area contributed by atoms with Crippen molar-refractivity contribution in [3.8, 4) is 0 Å². The summed E-state index contributed by atoms with van der Waals surface area (Å²) in [5, 5.41) is -0.352. The van der Waals surface area contributed by atoms with E-state index in [1.807, 2.05) is 30.3 Å². The van der Waals surface area contributed by atoms with Crippen molar-refractivity contribution in [3.05, 3.63) is 71.3 Å². The van der Waals surface area contributed by atoms with E-state index in [9.17, 15) is 13.6 Å². The molecule has 0 radical (unpaired) electrons. The number of hydrogen-bond acceptors (Lipinski definition) is 2. The molecule has 2 nitrogen and oxygen atoms in total. The molecule has 3 unspecified atom stereocenters. The Hall–Kier alpha value is -1.88. The van der Waals surface area contributed by atoms with Crippen LogP contribution in [0.2, 0.25) is 0 Å². The maximum Gasteiger partial charge on any atom is 0.227 e. The van der Waals surface area contributed by atoms with Crippen LogP contribution in [0.15, 0.2) is 48.5 Å². The van der Waals surface area contributed by atoms with E-state index >= 15 is 0 Å². The largest absolute Gasteiger partial charge is 0.325 e. The minimum absolute atomic E-state index is 0.0166. The van der Waals surface area contributed by atoms with E-state index in [2.05, 4.69) is 0 Å². The van der Waals surface area contributed by atoms with Gasteiger partial charge < -0.3 is 4.90 Å². The van der Waals surface area contributed by atoms with Gasteiger partial charge in [-0.15, -0.1) is 11.8 Å². The normalized spacial score (nSPS) is 25.8. The van der Waals surface area contributed by atoms with Crippen molar-refractivity contribution < 1.29 is 13.6 Å². The SMILES string of the molecule is O=C(C1CC1c1ccccc1)N1CCSC1c1ccc(F)cc1F. The highest BCUT2D eigenvalue weighted by Crippen LogP contribution is 2.51. The lowest BCUT2D eigenvalue weighted by Crippen LogP contribution is -2.32. The van der Waals surface area contributed by atoms with Crippen molar-refractivity contribution >= 4 is 17.7 Å². The minimum Gasteiger partial charge on any atom is -0.325 e. The van der Waals surface area contributed by atoms with E-state index in [1.165, 1.54) is 29.5 Å². The lowest BCUT2D eigenvalue weighted by molar-refractivity contribution is -0.132. The van der Waals surface area contributed by atoms with Gasteiger partial charge in [-0.1, -0.05) is 36.4 Å². The summed E-state index contributed by atoms with van der Waals surface area (Å²) in [6.07, 6.45) is 0.850. The number of halogens is 2. The van der Waals surface area contributed by atoms with E-state index in [0.29, 0.717) is 12.1 Å². The number of amides is 1. The highest BCUT2D eigenvalue weighted by molar-refractivity contribution is 7.99. The molecule has 1 amide bonds. The Kier molecular flexibility index (Phi) is 4.04. The third kappa shape index (κ3) is 2.81. The van der Waals surface area contributed by atoms with Crippen LogP contribution >= 0.6 is 11.8 Å². The Morgan fingerprint density at radius 1 is 1.12 bits per heavy atom. The highest BCUT2D eigenvalue weighted by Gasteiger charge is 2.48. The predicted octanol–water partition coefficient (Wildman–Crippen LogP) is 4.34. The molecule has 0 aromatic heterocycles. The zero-order valence-corrected chi connectivity index (χ0v) is 13.8. The highest BCUT2D eigenvalue weighted by atomic mass is 32.2. The molecule has 124 valence electrons. The van der Waals surface area contributed by atoms with Crippen molar-refractivity contribution in [2.24, 2.45) is 5.92 Å². The Morgan fingerprint density at radius 2 is 1.92 bits per heavy atom. The first-order valence-corrected chi connectivity index (χ1v) is 9.12. The lowest BCUT2D eigenvalue weighted by Gasteiger charge is -2.24. The molecule has 2 aromatic carbocycles. The summed E-state index contributed by atoms with van der Waals surface area (Å²) in [4.78, 5) is 14.6. The van der Waals surface area contributed by atoms with Crippen LogP contribution in [-0.4, -0.2) is 23.1 Å². The number of thioether (sulfide) groups is 1. The molecule has 1 heterocycles. The van der Waals surface area contributed by atoms with Crippen LogP contribution in [0.3, 0.4) is 0 Å². The second kappa shape index (κ2) is 6.20. The Morgan fingerprint density at radius 3 is 2.67 bits per heavy atom. The Bertz CT molecular complexity index is 767. The molecule has 4 rings (SSSR count). The van der Waals surface area contributed by atoms with Crippen LogP contribution < -0.4 is 0 Å². The molecule has 0 bridgehead atoms. The molecule has 1 aliphatic carbocycles. The summed E-state index contributed by atoms with van der Waals surface area (Å²) in [5.41, 5.74) is 1.58. The Labute approximate surface area is 143 Å². The van der Waals surface area contributed by atoms with Gasteiger partial charge in [0.1, 0.15) is 17.0 Å². The summed E-state index contributed by atoms with van der Waals surface area (Å²) in [7, 11) is 0. The fourth-order valence-corrected chi connectivity index (χ4v) is 4.69. The van der Waals surface area contributed by atoms with Crippen LogP contribution in [0.25, 0.3) is 0 Å². The van der Waals surface area contributed by atoms with Crippen molar-refractivity contribution in [3.63, 3.8) is 0 Å². The molecular formula is C19H17F2NOS. The quantitative estimate of drug-likeness (QED) is 0.825. The fourth-order valence-electron chi connectivity index (χ4n) is 3.40. The van der Waals surface area contributed by atoms with E-state index in [0.717, 1.165) is 18.2 Å². The zero-order valence-electron chi connectivity index (χ0n) is 13.0. The van der Waals surface area contributed by atoms with E-state index in [4.69, 9.17) is 0 Å². The molecule has 1 saturated carbocycles. The number of rotatable bonds is 3. The molecule has 1 saturated heterocycles. The first-order valence-electron chi connectivity index (χ1n) is 8.07. The molecule has 5 heteroatoms. The Balaban J connectivity index is 1.52. The number of carbonyl (C=O) groups is 1. The molecule has 2 aromatic rings. The lowest BCUT2D eigenvalue weighted by atomic mass is 10.1. The minimum atomic E-state index is -0.594. The average molecular weight is 345 g/mol. The molecule has 3 atom stereocenters.